The topological polar surface area (TPSA) is 70.6 Å². The van der Waals surface area contributed by atoms with Gasteiger partial charge in [-0.3, -0.25) is 14.6 Å². The zero-order valence-corrected chi connectivity index (χ0v) is 18.8. The van der Waals surface area contributed by atoms with Crippen LogP contribution in [0.2, 0.25) is 5.02 Å². The van der Waals surface area contributed by atoms with Gasteiger partial charge < -0.3 is 10.6 Å². The van der Waals surface area contributed by atoms with Crippen molar-refractivity contribution >= 4 is 29.1 Å². The Morgan fingerprint density at radius 3 is 2.17 bits per heavy atom. The van der Waals surface area contributed by atoms with Gasteiger partial charge in [0.1, 0.15) is 5.71 Å². The van der Waals surface area contributed by atoms with Gasteiger partial charge in [-0.25, -0.2) is 0 Å². The highest BCUT2D eigenvalue weighted by molar-refractivity contribution is 6.45. The second-order valence-electron chi connectivity index (χ2n) is 8.62. The summed E-state index contributed by atoms with van der Waals surface area (Å²) in [6.07, 6.45) is 5.83. The number of nitrogens with zero attached hydrogens (tertiary/aromatic N) is 1. The Hall–Kier alpha value is -2.14. The summed E-state index contributed by atoms with van der Waals surface area (Å²) in [5.41, 5.74) is 1.39. The fraction of sp³-hybridized carbons (Fsp3) is 0.522. The molecule has 1 aromatic rings. The Kier molecular flexibility index (Phi) is 8.03. The largest absolute Gasteiger partial charge is 0.348 e. The Bertz CT molecular complexity index is 783. The fourth-order valence-corrected chi connectivity index (χ4v) is 3.89. The van der Waals surface area contributed by atoms with Crippen molar-refractivity contribution in [1.82, 2.24) is 10.6 Å². The van der Waals surface area contributed by atoms with Crippen molar-refractivity contribution in [3.05, 3.63) is 46.6 Å². The SMILES string of the molecule is C/C=C(/NC(=O)c1ccc(Cl)cc1)C(=NC)C(=O)NC1CCC(C(C)(C)C)CC1. The van der Waals surface area contributed by atoms with Crippen molar-refractivity contribution in [3.8, 4) is 0 Å². The number of benzene rings is 1. The van der Waals surface area contributed by atoms with Crippen LogP contribution in [0.25, 0.3) is 0 Å². The third kappa shape index (κ3) is 6.43. The summed E-state index contributed by atoms with van der Waals surface area (Å²) in [4.78, 5) is 29.5. The van der Waals surface area contributed by atoms with Crippen molar-refractivity contribution in [1.29, 1.82) is 0 Å². The standard InChI is InChI=1S/C23H32ClN3O2/c1-6-19(27-21(28)15-7-11-17(24)12-8-15)20(25-5)22(29)26-18-13-9-16(10-14-18)23(2,3)4/h6-8,11-12,16,18H,9-10,13-14H2,1-5H3,(H,26,29)(H,27,28)/b19-6+,25-20?. The Labute approximate surface area is 179 Å². The predicted molar refractivity (Wildman–Crippen MR) is 119 cm³/mol. The number of amides is 2. The summed E-state index contributed by atoms with van der Waals surface area (Å²) in [7, 11) is 1.56. The lowest BCUT2D eigenvalue weighted by Gasteiger charge is -2.37. The average molecular weight is 418 g/mol. The highest BCUT2D eigenvalue weighted by atomic mass is 35.5. The number of aliphatic imine (C=N–C) groups is 1. The van der Waals surface area contributed by atoms with Crippen LogP contribution >= 0.6 is 11.6 Å². The lowest BCUT2D eigenvalue weighted by Crippen LogP contribution is -2.44. The second-order valence-corrected chi connectivity index (χ2v) is 9.06. The molecule has 158 valence electrons. The summed E-state index contributed by atoms with van der Waals surface area (Å²) >= 11 is 5.88. The number of nitrogens with one attached hydrogen (secondary N) is 2. The summed E-state index contributed by atoms with van der Waals surface area (Å²) in [6.45, 7) is 8.60. The average Bonchev–Trinajstić information content (AvgIpc) is 2.67. The number of carbonyl (C=O) groups is 2. The lowest BCUT2D eigenvalue weighted by molar-refractivity contribution is -0.115. The van der Waals surface area contributed by atoms with E-state index >= 15 is 0 Å². The van der Waals surface area contributed by atoms with E-state index in [4.69, 9.17) is 11.6 Å². The van der Waals surface area contributed by atoms with Crippen molar-refractivity contribution in [2.45, 2.75) is 59.4 Å². The number of allylic oxidation sites excluding steroid dienone is 1. The van der Waals surface area contributed by atoms with E-state index in [0.717, 1.165) is 25.7 Å². The zero-order chi connectivity index (χ0) is 21.6. The number of halogens is 1. The van der Waals surface area contributed by atoms with Crippen LogP contribution in [0.15, 0.2) is 41.0 Å². The van der Waals surface area contributed by atoms with Crippen molar-refractivity contribution < 1.29 is 9.59 Å². The van der Waals surface area contributed by atoms with Gasteiger partial charge in [0.15, 0.2) is 0 Å². The zero-order valence-electron chi connectivity index (χ0n) is 18.0. The Morgan fingerprint density at radius 2 is 1.69 bits per heavy atom. The summed E-state index contributed by atoms with van der Waals surface area (Å²) in [5.74, 6) is 0.116. The van der Waals surface area contributed by atoms with Gasteiger partial charge in [-0.05, 0) is 68.2 Å². The molecule has 0 heterocycles. The van der Waals surface area contributed by atoms with Crippen LogP contribution < -0.4 is 10.6 Å². The molecule has 0 unspecified atom stereocenters. The molecule has 1 aliphatic carbocycles. The Balaban J connectivity index is 1.99. The molecule has 1 saturated carbocycles. The molecule has 0 aliphatic heterocycles. The minimum absolute atomic E-state index is 0.142. The smallest absolute Gasteiger partial charge is 0.271 e. The molecule has 0 atom stereocenters. The van der Waals surface area contributed by atoms with E-state index in [9.17, 15) is 9.59 Å². The Morgan fingerprint density at radius 1 is 1.10 bits per heavy atom. The van der Waals surface area contributed by atoms with Gasteiger partial charge in [0, 0.05) is 23.7 Å². The van der Waals surface area contributed by atoms with Gasteiger partial charge in [0.05, 0.1) is 5.70 Å². The predicted octanol–water partition coefficient (Wildman–Crippen LogP) is 4.77. The number of hydrogen-bond donors (Lipinski definition) is 2. The fourth-order valence-electron chi connectivity index (χ4n) is 3.77. The number of hydrogen-bond acceptors (Lipinski definition) is 3. The molecule has 0 saturated heterocycles. The third-order valence-electron chi connectivity index (χ3n) is 5.62. The lowest BCUT2D eigenvalue weighted by atomic mass is 9.71. The van der Waals surface area contributed by atoms with E-state index in [1.54, 1.807) is 44.3 Å². The van der Waals surface area contributed by atoms with E-state index < -0.39 is 0 Å². The first-order valence-electron chi connectivity index (χ1n) is 10.2. The highest BCUT2D eigenvalue weighted by Gasteiger charge is 2.31. The van der Waals surface area contributed by atoms with Gasteiger partial charge in [-0.15, -0.1) is 0 Å². The molecule has 0 spiro atoms. The number of rotatable bonds is 5. The molecule has 1 aromatic carbocycles. The first kappa shape index (κ1) is 23.1. The highest BCUT2D eigenvalue weighted by Crippen LogP contribution is 2.37. The molecular formula is C23H32ClN3O2. The van der Waals surface area contributed by atoms with E-state index in [2.05, 4.69) is 36.4 Å². The molecule has 2 N–H and O–H groups in total. The van der Waals surface area contributed by atoms with Crippen LogP contribution in [0.4, 0.5) is 0 Å². The maximum absolute atomic E-state index is 12.8. The van der Waals surface area contributed by atoms with Crippen LogP contribution in [0, 0.1) is 11.3 Å². The van der Waals surface area contributed by atoms with Crippen molar-refractivity contribution in [2.24, 2.45) is 16.3 Å². The summed E-state index contributed by atoms with van der Waals surface area (Å²) in [5, 5.41) is 6.44. The monoisotopic (exact) mass is 417 g/mol. The maximum atomic E-state index is 12.8. The normalized spacial score (nSPS) is 20.9. The van der Waals surface area contributed by atoms with Crippen LogP contribution in [-0.4, -0.2) is 30.6 Å². The van der Waals surface area contributed by atoms with E-state index in [0.29, 0.717) is 27.6 Å². The van der Waals surface area contributed by atoms with Gasteiger partial charge in [-0.2, -0.15) is 0 Å². The first-order chi connectivity index (χ1) is 13.7. The third-order valence-corrected chi connectivity index (χ3v) is 5.88. The molecule has 29 heavy (non-hydrogen) atoms. The molecule has 2 rings (SSSR count). The van der Waals surface area contributed by atoms with Gasteiger partial charge in [0.25, 0.3) is 11.8 Å². The van der Waals surface area contributed by atoms with Gasteiger partial charge in [-0.1, -0.05) is 38.4 Å². The van der Waals surface area contributed by atoms with Gasteiger partial charge in [0.2, 0.25) is 0 Å². The van der Waals surface area contributed by atoms with E-state index in [1.807, 2.05) is 0 Å². The van der Waals surface area contributed by atoms with Crippen LogP contribution in [0.1, 0.15) is 63.7 Å². The van der Waals surface area contributed by atoms with Crippen LogP contribution in [0.3, 0.4) is 0 Å². The minimum atomic E-state index is -0.311. The van der Waals surface area contributed by atoms with E-state index in [1.165, 1.54) is 0 Å². The number of carbonyl (C=O) groups excluding carboxylic acids is 2. The maximum Gasteiger partial charge on any atom is 0.271 e. The quantitative estimate of drug-likeness (QED) is 0.677. The molecule has 0 radical (unpaired) electrons. The van der Waals surface area contributed by atoms with Crippen LogP contribution in [0.5, 0.6) is 0 Å². The molecule has 5 nitrogen and oxygen atoms in total. The molecule has 1 fully saturated rings. The minimum Gasteiger partial charge on any atom is -0.348 e. The second kappa shape index (κ2) is 10.1. The molecular weight excluding hydrogens is 386 g/mol. The molecule has 1 aliphatic rings. The van der Waals surface area contributed by atoms with Crippen molar-refractivity contribution in [3.63, 3.8) is 0 Å². The van der Waals surface area contributed by atoms with Gasteiger partial charge >= 0.3 is 0 Å². The molecule has 6 heteroatoms. The van der Waals surface area contributed by atoms with Crippen LogP contribution in [-0.2, 0) is 4.79 Å². The first-order valence-corrected chi connectivity index (χ1v) is 10.5. The summed E-state index contributed by atoms with van der Waals surface area (Å²) < 4.78 is 0. The molecule has 2 amide bonds. The molecule has 0 bridgehead atoms. The summed E-state index contributed by atoms with van der Waals surface area (Å²) in [6, 6.07) is 6.73. The van der Waals surface area contributed by atoms with E-state index in [-0.39, 0.29) is 23.6 Å². The van der Waals surface area contributed by atoms with Crippen molar-refractivity contribution in [2.75, 3.05) is 7.05 Å². The molecule has 0 aromatic heterocycles.